The van der Waals surface area contributed by atoms with Crippen molar-refractivity contribution < 1.29 is 14.6 Å². The van der Waals surface area contributed by atoms with Crippen LogP contribution in [0.15, 0.2) is 22.7 Å². The van der Waals surface area contributed by atoms with Crippen LogP contribution in [0.4, 0.5) is 4.79 Å². The first-order valence-corrected chi connectivity index (χ1v) is 9.20. The second-order valence-electron chi connectivity index (χ2n) is 6.16. The molecular formula is C18H25BrClNO3. The number of amides is 1. The van der Waals surface area contributed by atoms with Gasteiger partial charge in [0.1, 0.15) is 11.4 Å². The number of phenols is 1. The standard InChI is InChI=1S/C16H19BrClNO3.C2H6/c1-16(2,3)22-15(21)19-8-6-10(7-9-19)13-12(20)5-4-11(17)14(13)18;1-2/h4-6,20H,7-9H2,1-3H3;1-2H3. The van der Waals surface area contributed by atoms with Gasteiger partial charge in [0.25, 0.3) is 0 Å². The van der Waals surface area contributed by atoms with Crippen LogP contribution in [0.2, 0.25) is 5.02 Å². The fourth-order valence-electron chi connectivity index (χ4n) is 2.23. The lowest BCUT2D eigenvalue weighted by Gasteiger charge is -2.30. The van der Waals surface area contributed by atoms with Crippen molar-refractivity contribution in [1.29, 1.82) is 0 Å². The average molecular weight is 419 g/mol. The molecule has 0 aromatic heterocycles. The van der Waals surface area contributed by atoms with Crippen molar-refractivity contribution in [3.8, 4) is 5.75 Å². The van der Waals surface area contributed by atoms with Gasteiger partial charge in [0.2, 0.25) is 0 Å². The molecule has 0 saturated carbocycles. The number of ether oxygens (including phenoxy) is 1. The van der Waals surface area contributed by atoms with Gasteiger partial charge in [-0.3, -0.25) is 0 Å². The fraction of sp³-hybridized carbons (Fsp3) is 0.500. The van der Waals surface area contributed by atoms with Crippen molar-refractivity contribution in [2.75, 3.05) is 13.1 Å². The van der Waals surface area contributed by atoms with Crippen molar-refractivity contribution in [2.45, 2.75) is 46.6 Å². The molecule has 134 valence electrons. The maximum Gasteiger partial charge on any atom is 0.410 e. The zero-order chi connectivity index (χ0) is 18.5. The van der Waals surface area contributed by atoms with Gasteiger partial charge in [-0.2, -0.15) is 0 Å². The van der Waals surface area contributed by atoms with Crippen LogP contribution in [0.1, 0.15) is 46.6 Å². The molecule has 0 atom stereocenters. The summed E-state index contributed by atoms with van der Waals surface area (Å²) in [6.45, 7) is 10.5. The van der Waals surface area contributed by atoms with E-state index in [9.17, 15) is 9.90 Å². The summed E-state index contributed by atoms with van der Waals surface area (Å²) < 4.78 is 6.09. The number of hydrogen-bond acceptors (Lipinski definition) is 3. The Labute approximate surface area is 157 Å². The van der Waals surface area contributed by atoms with Crippen LogP contribution in [0.5, 0.6) is 5.75 Å². The van der Waals surface area contributed by atoms with E-state index in [1.807, 2.05) is 40.7 Å². The highest BCUT2D eigenvalue weighted by atomic mass is 79.9. The number of carbonyl (C=O) groups is 1. The van der Waals surface area contributed by atoms with E-state index >= 15 is 0 Å². The van der Waals surface area contributed by atoms with Gasteiger partial charge in [-0.1, -0.05) is 31.5 Å². The van der Waals surface area contributed by atoms with Crippen LogP contribution in [0.3, 0.4) is 0 Å². The predicted molar refractivity (Wildman–Crippen MR) is 103 cm³/mol. The molecule has 1 N–H and O–H groups in total. The van der Waals surface area contributed by atoms with Gasteiger partial charge < -0.3 is 14.7 Å². The maximum atomic E-state index is 12.0. The first-order chi connectivity index (χ1) is 11.2. The first-order valence-electron chi connectivity index (χ1n) is 8.03. The molecule has 0 bridgehead atoms. The lowest BCUT2D eigenvalue weighted by atomic mass is 9.98. The lowest BCUT2D eigenvalue weighted by Crippen LogP contribution is -2.39. The zero-order valence-electron chi connectivity index (χ0n) is 14.8. The summed E-state index contributed by atoms with van der Waals surface area (Å²) in [5.74, 6) is 0.144. The first kappa shape index (κ1) is 20.8. The van der Waals surface area contributed by atoms with Crippen molar-refractivity contribution >= 4 is 39.2 Å². The van der Waals surface area contributed by atoms with Gasteiger partial charge >= 0.3 is 6.09 Å². The van der Waals surface area contributed by atoms with Gasteiger partial charge in [-0.25, -0.2) is 4.79 Å². The Hall–Kier alpha value is -1.20. The molecule has 1 aromatic rings. The molecular weight excluding hydrogens is 394 g/mol. The molecule has 4 nitrogen and oxygen atoms in total. The molecule has 0 radical (unpaired) electrons. The largest absolute Gasteiger partial charge is 0.507 e. The Morgan fingerprint density at radius 1 is 1.33 bits per heavy atom. The van der Waals surface area contributed by atoms with Crippen molar-refractivity contribution in [3.63, 3.8) is 0 Å². The number of aromatic hydroxyl groups is 1. The van der Waals surface area contributed by atoms with E-state index in [-0.39, 0.29) is 11.8 Å². The highest BCUT2D eigenvalue weighted by molar-refractivity contribution is 9.10. The Morgan fingerprint density at radius 3 is 2.46 bits per heavy atom. The SMILES string of the molecule is CC.CC(C)(C)OC(=O)N1CC=C(c2c(O)ccc(Br)c2Cl)CC1. The molecule has 2 rings (SSSR count). The molecule has 24 heavy (non-hydrogen) atoms. The number of phenolic OH excluding ortho intramolecular Hbond substituents is 1. The second-order valence-corrected chi connectivity index (χ2v) is 7.39. The van der Waals surface area contributed by atoms with E-state index in [4.69, 9.17) is 16.3 Å². The molecule has 0 aliphatic carbocycles. The summed E-state index contributed by atoms with van der Waals surface area (Å²) in [5.41, 5.74) is 1.05. The van der Waals surface area contributed by atoms with Crippen molar-refractivity contribution in [2.24, 2.45) is 0 Å². The lowest BCUT2D eigenvalue weighted by molar-refractivity contribution is 0.0270. The van der Waals surface area contributed by atoms with Crippen molar-refractivity contribution in [3.05, 3.63) is 33.3 Å². The number of halogens is 2. The maximum absolute atomic E-state index is 12.0. The fourth-order valence-corrected chi connectivity index (χ4v) is 2.85. The van der Waals surface area contributed by atoms with Crippen LogP contribution in [0.25, 0.3) is 5.57 Å². The van der Waals surface area contributed by atoms with Gasteiger partial charge in [0.15, 0.2) is 0 Å². The molecule has 1 aliphatic heterocycles. The molecule has 0 unspecified atom stereocenters. The molecule has 1 aromatic carbocycles. The van der Waals surface area contributed by atoms with Gasteiger partial charge in [-0.05, 0) is 60.8 Å². The van der Waals surface area contributed by atoms with Crippen LogP contribution in [-0.4, -0.2) is 34.8 Å². The number of benzene rings is 1. The molecule has 0 fully saturated rings. The molecule has 1 aliphatic rings. The van der Waals surface area contributed by atoms with E-state index < -0.39 is 5.60 Å². The van der Waals surface area contributed by atoms with E-state index in [2.05, 4.69) is 15.9 Å². The summed E-state index contributed by atoms with van der Waals surface area (Å²) in [6.07, 6.45) is 2.19. The minimum Gasteiger partial charge on any atom is -0.507 e. The minimum absolute atomic E-state index is 0.144. The monoisotopic (exact) mass is 417 g/mol. The normalized spacial score (nSPS) is 14.5. The highest BCUT2D eigenvalue weighted by Gasteiger charge is 2.25. The Bertz CT molecular complexity index is 623. The number of nitrogens with zero attached hydrogens (tertiary/aromatic N) is 1. The second kappa shape index (κ2) is 8.77. The van der Waals surface area contributed by atoms with Crippen LogP contribution in [-0.2, 0) is 4.74 Å². The van der Waals surface area contributed by atoms with Gasteiger partial charge in [0.05, 0.1) is 5.02 Å². The Balaban J connectivity index is 0.00000139. The van der Waals surface area contributed by atoms with Crippen molar-refractivity contribution in [1.82, 2.24) is 4.90 Å². The van der Waals surface area contributed by atoms with Gasteiger partial charge in [0, 0.05) is 23.1 Å². The number of carbonyl (C=O) groups excluding carboxylic acids is 1. The Kier molecular flexibility index (Phi) is 7.61. The van der Waals surface area contributed by atoms with E-state index in [1.54, 1.807) is 17.0 Å². The van der Waals surface area contributed by atoms with E-state index in [0.717, 1.165) is 10.0 Å². The topological polar surface area (TPSA) is 49.8 Å². The van der Waals surface area contributed by atoms with Crippen LogP contribution >= 0.6 is 27.5 Å². The Morgan fingerprint density at radius 2 is 1.96 bits per heavy atom. The van der Waals surface area contributed by atoms with E-state index in [0.29, 0.717) is 30.1 Å². The summed E-state index contributed by atoms with van der Waals surface area (Å²) in [6, 6.07) is 3.31. The van der Waals surface area contributed by atoms with Crippen LogP contribution in [0, 0.1) is 0 Å². The predicted octanol–water partition coefficient (Wildman–Crippen LogP) is 5.86. The summed E-state index contributed by atoms with van der Waals surface area (Å²) in [7, 11) is 0. The summed E-state index contributed by atoms with van der Waals surface area (Å²) in [5, 5.41) is 10.5. The number of hydrogen-bond donors (Lipinski definition) is 1. The van der Waals surface area contributed by atoms with Crippen LogP contribution < -0.4 is 0 Å². The third kappa shape index (κ3) is 5.42. The molecule has 0 spiro atoms. The third-order valence-electron chi connectivity index (χ3n) is 3.25. The van der Waals surface area contributed by atoms with E-state index in [1.165, 1.54) is 0 Å². The third-order valence-corrected chi connectivity index (χ3v) is 4.54. The molecule has 6 heteroatoms. The summed E-state index contributed by atoms with van der Waals surface area (Å²) >= 11 is 9.63. The highest BCUT2D eigenvalue weighted by Crippen LogP contribution is 2.39. The molecule has 1 heterocycles. The average Bonchev–Trinajstić information content (AvgIpc) is 2.52. The molecule has 0 saturated heterocycles. The zero-order valence-corrected chi connectivity index (χ0v) is 17.2. The summed E-state index contributed by atoms with van der Waals surface area (Å²) in [4.78, 5) is 13.7. The smallest absolute Gasteiger partial charge is 0.410 e. The minimum atomic E-state index is -0.507. The quantitative estimate of drug-likeness (QED) is 0.621. The van der Waals surface area contributed by atoms with Gasteiger partial charge in [-0.15, -0.1) is 0 Å². The molecule has 1 amide bonds. The number of rotatable bonds is 1.